The first kappa shape index (κ1) is 19.4. The third-order valence-corrected chi connectivity index (χ3v) is 5.75. The molecule has 4 aromatic rings. The van der Waals surface area contributed by atoms with Crippen molar-refractivity contribution in [1.82, 2.24) is 20.1 Å². The Labute approximate surface area is 177 Å². The van der Waals surface area contributed by atoms with Gasteiger partial charge < -0.3 is 15.4 Å². The number of aromatic nitrogens is 3. The summed E-state index contributed by atoms with van der Waals surface area (Å²) in [5, 5.41) is 12.2. The highest BCUT2D eigenvalue weighted by molar-refractivity contribution is 7.17. The van der Waals surface area contributed by atoms with Crippen molar-refractivity contribution in [3.05, 3.63) is 53.4 Å². The molecule has 0 saturated heterocycles. The highest BCUT2D eigenvalue weighted by Gasteiger charge is 2.29. The van der Waals surface area contributed by atoms with Crippen LogP contribution in [0.4, 0.5) is 24.5 Å². The number of alkyl halides is 2. The van der Waals surface area contributed by atoms with Gasteiger partial charge in [0.15, 0.2) is 11.6 Å². The Morgan fingerprint density at radius 1 is 1.26 bits per heavy atom. The molecule has 2 N–H and O–H groups in total. The van der Waals surface area contributed by atoms with Gasteiger partial charge >= 0.3 is 6.61 Å². The molecule has 0 spiro atoms. The average molecular weight is 445 g/mol. The van der Waals surface area contributed by atoms with E-state index < -0.39 is 18.2 Å². The number of carbonyl (C=O) groups is 1. The largest absolute Gasteiger partial charge is 0.429 e. The van der Waals surface area contributed by atoms with Gasteiger partial charge in [0.2, 0.25) is 0 Å². The molecule has 1 aromatic carbocycles. The lowest BCUT2D eigenvalue weighted by Gasteiger charge is -2.17. The average Bonchev–Trinajstić information content (AvgIpc) is 3.36. The fourth-order valence-corrected chi connectivity index (χ4v) is 4.40. The van der Waals surface area contributed by atoms with Gasteiger partial charge in [-0.15, -0.1) is 11.3 Å². The van der Waals surface area contributed by atoms with Crippen molar-refractivity contribution in [3.63, 3.8) is 0 Å². The van der Waals surface area contributed by atoms with Crippen LogP contribution in [0, 0.1) is 5.82 Å². The third-order valence-electron chi connectivity index (χ3n) is 4.81. The number of hydrogen-bond donors (Lipinski definition) is 2. The fraction of sp³-hybridized carbons (Fsp3) is 0.150. The lowest BCUT2D eigenvalue weighted by molar-refractivity contribution is -0.0516. The maximum Gasteiger partial charge on any atom is 0.387 e. The number of nitrogens with zero attached hydrogens (tertiary/aromatic N) is 3. The van der Waals surface area contributed by atoms with E-state index in [0.29, 0.717) is 24.3 Å². The highest BCUT2D eigenvalue weighted by atomic mass is 32.1. The number of halogens is 3. The summed E-state index contributed by atoms with van der Waals surface area (Å²) in [4.78, 5) is 17.0. The quantitative estimate of drug-likeness (QED) is 0.476. The van der Waals surface area contributed by atoms with Crippen LogP contribution < -0.4 is 15.4 Å². The maximum atomic E-state index is 14.2. The summed E-state index contributed by atoms with van der Waals surface area (Å²) in [5.74, 6) is -1.98. The molecule has 0 fully saturated rings. The first-order chi connectivity index (χ1) is 15.0. The number of thiophene rings is 1. The van der Waals surface area contributed by atoms with Crippen LogP contribution in [0.3, 0.4) is 0 Å². The van der Waals surface area contributed by atoms with Gasteiger partial charge in [0.25, 0.3) is 5.91 Å². The predicted octanol–water partition coefficient (Wildman–Crippen LogP) is 4.39. The lowest BCUT2D eigenvalue weighted by atomic mass is 10.1. The molecule has 7 nitrogen and oxygen atoms in total. The Hall–Kier alpha value is -3.60. The van der Waals surface area contributed by atoms with Crippen LogP contribution in [-0.4, -0.2) is 33.8 Å². The molecule has 0 saturated carbocycles. The Morgan fingerprint density at radius 2 is 2.13 bits per heavy atom. The number of anilines is 2. The number of amides is 1. The van der Waals surface area contributed by atoms with E-state index in [9.17, 15) is 18.0 Å². The summed E-state index contributed by atoms with van der Waals surface area (Å²) in [5.41, 5.74) is 2.33. The van der Waals surface area contributed by atoms with E-state index in [1.165, 1.54) is 23.5 Å². The molecule has 1 aliphatic rings. The second-order valence-corrected chi connectivity index (χ2v) is 7.58. The predicted molar refractivity (Wildman–Crippen MR) is 109 cm³/mol. The Morgan fingerprint density at radius 3 is 2.97 bits per heavy atom. The minimum Gasteiger partial charge on any atom is -0.429 e. The van der Waals surface area contributed by atoms with Gasteiger partial charge in [-0.25, -0.2) is 4.39 Å². The van der Waals surface area contributed by atoms with Crippen molar-refractivity contribution >= 4 is 38.8 Å². The zero-order chi connectivity index (χ0) is 21.5. The van der Waals surface area contributed by atoms with Crippen LogP contribution in [0.25, 0.3) is 21.5 Å². The van der Waals surface area contributed by atoms with Crippen LogP contribution in [0.15, 0.2) is 41.9 Å². The first-order valence-electron chi connectivity index (χ1n) is 9.25. The van der Waals surface area contributed by atoms with E-state index in [2.05, 4.69) is 25.5 Å². The van der Waals surface area contributed by atoms with E-state index in [1.807, 2.05) is 11.4 Å². The van der Waals surface area contributed by atoms with Crippen molar-refractivity contribution < 1.29 is 22.7 Å². The van der Waals surface area contributed by atoms with Crippen LogP contribution in [-0.2, 0) is 6.54 Å². The molecular formula is C20H14F3N5O2S. The van der Waals surface area contributed by atoms with Gasteiger partial charge in [-0.3, -0.25) is 14.5 Å². The molecule has 11 heteroatoms. The number of ether oxygens (including phenoxy) is 1. The smallest absolute Gasteiger partial charge is 0.387 e. The maximum absolute atomic E-state index is 14.2. The summed E-state index contributed by atoms with van der Waals surface area (Å²) >= 11 is 1.46. The Kier molecular flexibility index (Phi) is 4.74. The zero-order valence-electron chi connectivity index (χ0n) is 15.7. The van der Waals surface area contributed by atoms with Crippen LogP contribution in [0.5, 0.6) is 5.75 Å². The van der Waals surface area contributed by atoms with Crippen LogP contribution in [0.1, 0.15) is 10.5 Å². The van der Waals surface area contributed by atoms with E-state index in [1.54, 1.807) is 16.9 Å². The Balaban J connectivity index is 1.71. The molecule has 1 aliphatic heterocycles. The molecule has 0 atom stereocenters. The van der Waals surface area contributed by atoms with Crippen LogP contribution in [0.2, 0.25) is 0 Å². The fourth-order valence-electron chi connectivity index (χ4n) is 3.53. The molecular weight excluding hydrogens is 431 g/mol. The number of benzene rings is 1. The summed E-state index contributed by atoms with van der Waals surface area (Å²) in [6.07, 6.45) is 1.63. The van der Waals surface area contributed by atoms with Gasteiger partial charge in [-0.2, -0.15) is 13.9 Å². The Bertz CT molecular complexity index is 1300. The molecule has 1 amide bonds. The molecule has 158 valence electrons. The number of fused-ring (bicyclic) bond motifs is 2. The van der Waals surface area contributed by atoms with Crippen molar-refractivity contribution in [2.75, 3.05) is 11.9 Å². The topological polar surface area (TPSA) is 81.1 Å². The molecule has 0 radical (unpaired) electrons. The minimum atomic E-state index is -3.22. The number of pyridine rings is 1. The van der Waals surface area contributed by atoms with Gasteiger partial charge in [-0.1, -0.05) is 6.07 Å². The second-order valence-electron chi connectivity index (χ2n) is 6.66. The first-order valence-corrected chi connectivity index (χ1v) is 10.1. The van der Waals surface area contributed by atoms with Crippen molar-refractivity contribution in [1.29, 1.82) is 0 Å². The lowest BCUT2D eigenvalue weighted by Crippen LogP contribution is -2.35. The molecule has 0 bridgehead atoms. The number of nitrogens with one attached hydrogen (secondary N) is 2. The number of carbonyl (C=O) groups excluding carboxylic acids is 1. The molecule has 4 heterocycles. The summed E-state index contributed by atoms with van der Waals surface area (Å²) in [6.45, 7) is -2.39. The summed E-state index contributed by atoms with van der Waals surface area (Å²) in [7, 11) is 0. The normalized spacial score (nSPS) is 13.4. The molecule has 3 aromatic heterocycles. The number of hydrogen-bond acceptors (Lipinski definition) is 6. The standard InChI is InChI=1S/C20H14F3N5O2S/c21-11-2-1-3-12(17(11)30-20(22)23)26-15-14(27-28-8-7-25-19(29)16(15)28)10-4-6-24-13-5-9-31-18(10)13/h1-6,9,20,26H,7-8H2,(H,25,29). The monoisotopic (exact) mass is 445 g/mol. The third kappa shape index (κ3) is 3.36. The minimum absolute atomic E-state index is 0.0489. The second kappa shape index (κ2) is 7.58. The van der Waals surface area contributed by atoms with Crippen molar-refractivity contribution in [2.45, 2.75) is 13.2 Å². The summed E-state index contributed by atoms with van der Waals surface area (Å²) in [6, 6.07) is 7.39. The highest BCUT2D eigenvalue weighted by Crippen LogP contribution is 2.40. The van der Waals surface area contributed by atoms with E-state index in [0.717, 1.165) is 16.3 Å². The van der Waals surface area contributed by atoms with E-state index in [-0.39, 0.29) is 23.0 Å². The van der Waals surface area contributed by atoms with Gasteiger partial charge in [0.05, 0.1) is 28.1 Å². The SMILES string of the molecule is O=C1NCCn2nc(-c3ccnc4ccsc34)c(Nc3cccc(F)c3OC(F)F)c21. The van der Waals surface area contributed by atoms with Gasteiger partial charge in [-0.05, 0) is 29.6 Å². The summed E-state index contributed by atoms with van der Waals surface area (Å²) < 4.78 is 46.8. The van der Waals surface area contributed by atoms with E-state index >= 15 is 0 Å². The zero-order valence-corrected chi connectivity index (χ0v) is 16.5. The van der Waals surface area contributed by atoms with Crippen LogP contribution >= 0.6 is 11.3 Å². The van der Waals surface area contributed by atoms with Gasteiger partial charge in [0, 0.05) is 18.3 Å². The van der Waals surface area contributed by atoms with E-state index in [4.69, 9.17) is 0 Å². The molecule has 0 unspecified atom stereocenters. The van der Waals surface area contributed by atoms with Crippen molar-refractivity contribution in [3.8, 4) is 17.0 Å². The molecule has 0 aliphatic carbocycles. The van der Waals surface area contributed by atoms with Gasteiger partial charge in [0.1, 0.15) is 11.4 Å². The molecule has 5 rings (SSSR count). The molecule has 31 heavy (non-hydrogen) atoms. The number of rotatable bonds is 5. The number of para-hydroxylation sites is 1. The van der Waals surface area contributed by atoms with Crippen molar-refractivity contribution in [2.24, 2.45) is 0 Å².